The highest BCUT2D eigenvalue weighted by molar-refractivity contribution is 7.98. The number of amides is 1. The molecule has 2 N–H and O–H groups in total. The van der Waals surface area contributed by atoms with Crippen LogP contribution in [0.4, 0.5) is 0 Å². The van der Waals surface area contributed by atoms with E-state index in [1.165, 1.54) is 0 Å². The van der Waals surface area contributed by atoms with Crippen molar-refractivity contribution in [3.05, 3.63) is 11.7 Å². The average Bonchev–Trinajstić information content (AvgIpc) is 2.89. The Labute approximate surface area is 129 Å². The fourth-order valence-electron chi connectivity index (χ4n) is 2.72. The van der Waals surface area contributed by atoms with E-state index in [4.69, 9.17) is 10.3 Å². The maximum atomic E-state index is 12.3. The zero-order chi connectivity index (χ0) is 15.2. The van der Waals surface area contributed by atoms with Crippen LogP contribution in [0, 0.1) is 12.8 Å². The monoisotopic (exact) mass is 312 g/mol. The maximum absolute atomic E-state index is 12.3. The summed E-state index contributed by atoms with van der Waals surface area (Å²) < 4.78 is 5.00. The maximum Gasteiger partial charge on any atom is 0.239 e. The third-order valence-electron chi connectivity index (χ3n) is 3.82. The number of piperidine rings is 1. The highest BCUT2D eigenvalue weighted by atomic mass is 32.2. The molecule has 1 saturated heterocycles. The van der Waals surface area contributed by atoms with Crippen molar-refractivity contribution in [1.29, 1.82) is 0 Å². The van der Waals surface area contributed by atoms with E-state index >= 15 is 0 Å². The summed E-state index contributed by atoms with van der Waals surface area (Å²) in [6.45, 7) is 3.35. The zero-order valence-electron chi connectivity index (χ0n) is 12.7. The van der Waals surface area contributed by atoms with Gasteiger partial charge in [0, 0.05) is 26.4 Å². The van der Waals surface area contributed by atoms with Gasteiger partial charge in [-0.1, -0.05) is 5.16 Å². The molecule has 1 aromatic heterocycles. The van der Waals surface area contributed by atoms with Crippen molar-refractivity contribution >= 4 is 17.7 Å². The molecule has 0 spiro atoms. The molecule has 0 aliphatic carbocycles. The highest BCUT2D eigenvalue weighted by Gasteiger charge is 2.27. The molecular formula is C14H24N4O2S. The highest BCUT2D eigenvalue weighted by Crippen LogP contribution is 2.20. The quantitative estimate of drug-likeness (QED) is 0.850. The summed E-state index contributed by atoms with van der Waals surface area (Å²) in [6, 6.07) is -0.372. The van der Waals surface area contributed by atoms with Crippen LogP contribution in [0.3, 0.4) is 0 Å². The second-order valence-corrected chi connectivity index (χ2v) is 6.60. The van der Waals surface area contributed by atoms with E-state index in [1.54, 1.807) is 18.7 Å². The predicted octanol–water partition coefficient (Wildman–Crippen LogP) is 1.24. The molecule has 0 aromatic carbocycles. The molecule has 6 nitrogen and oxygen atoms in total. The first kappa shape index (κ1) is 16.3. The normalized spacial score (nSPS) is 20.5. The van der Waals surface area contributed by atoms with E-state index < -0.39 is 0 Å². The van der Waals surface area contributed by atoms with E-state index in [9.17, 15) is 4.79 Å². The van der Waals surface area contributed by atoms with Gasteiger partial charge in [-0.3, -0.25) is 4.79 Å². The first-order valence-electron chi connectivity index (χ1n) is 7.42. The fraction of sp³-hybridized carbons (Fsp3) is 0.786. The molecule has 1 amide bonds. The molecule has 7 heteroatoms. The second-order valence-electron chi connectivity index (χ2n) is 5.61. The number of thioether (sulfide) groups is 1. The topological polar surface area (TPSA) is 85.3 Å². The van der Waals surface area contributed by atoms with Crippen molar-refractivity contribution in [3.8, 4) is 0 Å². The van der Waals surface area contributed by atoms with Crippen LogP contribution in [-0.2, 0) is 11.2 Å². The number of aromatic nitrogens is 2. The number of aryl methyl sites for hydroxylation is 1. The molecule has 0 saturated carbocycles. The van der Waals surface area contributed by atoms with Gasteiger partial charge in [0.1, 0.15) is 0 Å². The lowest BCUT2D eigenvalue weighted by Crippen LogP contribution is -2.48. The fourth-order valence-corrected chi connectivity index (χ4v) is 3.21. The van der Waals surface area contributed by atoms with Crippen LogP contribution in [0.1, 0.15) is 31.0 Å². The van der Waals surface area contributed by atoms with Crippen LogP contribution >= 0.6 is 11.8 Å². The zero-order valence-corrected chi connectivity index (χ0v) is 13.6. The molecule has 0 radical (unpaired) electrons. The third kappa shape index (κ3) is 4.71. The molecule has 0 bridgehead atoms. The second kappa shape index (κ2) is 7.79. The molecule has 2 heterocycles. The van der Waals surface area contributed by atoms with Crippen molar-refractivity contribution in [3.63, 3.8) is 0 Å². The Bertz CT molecular complexity index is 466. The van der Waals surface area contributed by atoms with Gasteiger partial charge in [-0.05, 0) is 37.2 Å². The summed E-state index contributed by atoms with van der Waals surface area (Å²) >= 11 is 1.72. The van der Waals surface area contributed by atoms with Gasteiger partial charge < -0.3 is 15.2 Å². The summed E-state index contributed by atoms with van der Waals surface area (Å²) in [7, 11) is 0. The lowest BCUT2D eigenvalue weighted by Gasteiger charge is -2.33. The Balaban J connectivity index is 1.86. The molecule has 2 rings (SSSR count). The molecule has 1 aliphatic rings. The van der Waals surface area contributed by atoms with Crippen molar-refractivity contribution < 1.29 is 9.32 Å². The molecular weight excluding hydrogens is 288 g/mol. The Morgan fingerprint density at radius 1 is 1.62 bits per heavy atom. The van der Waals surface area contributed by atoms with E-state index in [1.807, 2.05) is 11.2 Å². The van der Waals surface area contributed by atoms with Crippen LogP contribution in [0.15, 0.2) is 4.52 Å². The van der Waals surface area contributed by atoms with Gasteiger partial charge in [-0.25, -0.2) is 0 Å². The van der Waals surface area contributed by atoms with Crippen molar-refractivity contribution in [2.75, 3.05) is 25.1 Å². The minimum Gasteiger partial charge on any atom is -0.341 e. The first-order chi connectivity index (χ1) is 10.1. The number of carbonyl (C=O) groups excluding carboxylic acids is 1. The lowest BCUT2D eigenvalue weighted by atomic mass is 9.94. The summed E-state index contributed by atoms with van der Waals surface area (Å²) in [5.74, 6) is 2.73. The number of nitrogens with two attached hydrogens (primary N) is 1. The van der Waals surface area contributed by atoms with Gasteiger partial charge in [-0.15, -0.1) is 0 Å². The van der Waals surface area contributed by atoms with Gasteiger partial charge in [-0.2, -0.15) is 16.7 Å². The first-order valence-corrected chi connectivity index (χ1v) is 8.82. The standard InChI is InChI=1S/C14H24N4O2S/c1-10-16-13(17-20-10)8-11-4-3-6-18(9-11)14(19)12(15)5-7-21-2/h11-12H,3-9,15H2,1-2H3. The summed E-state index contributed by atoms with van der Waals surface area (Å²) in [5, 5.41) is 3.94. The number of hydrogen-bond acceptors (Lipinski definition) is 6. The number of rotatable bonds is 6. The minimum atomic E-state index is -0.372. The van der Waals surface area contributed by atoms with Crippen molar-refractivity contribution in [2.45, 2.75) is 38.6 Å². The molecule has 2 unspecified atom stereocenters. The molecule has 118 valence electrons. The van der Waals surface area contributed by atoms with Gasteiger partial charge in [0.2, 0.25) is 11.8 Å². The number of likely N-dealkylation sites (tertiary alicyclic amines) is 1. The summed E-state index contributed by atoms with van der Waals surface area (Å²) in [6.07, 6.45) is 5.65. The number of hydrogen-bond donors (Lipinski definition) is 1. The number of carbonyl (C=O) groups is 1. The van der Waals surface area contributed by atoms with Crippen LogP contribution in [0.2, 0.25) is 0 Å². The van der Waals surface area contributed by atoms with Crippen LogP contribution in [0.25, 0.3) is 0 Å². The summed E-state index contributed by atoms with van der Waals surface area (Å²) in [5.41, 5.74) is 5.99. The molecule has 2 atom stereocenters. The van der Waals surface area contributed by atoms with Gasteiger partial charge in [0.05, 0.1) is 6.04 Å². The average molecular weight is 312 g/mol. The Morgan fingerprint density at radius 2 is 2.43 bits per heavy atom. The molecule has 21 heavy (non-hydrogen) atoms. The molecule has 1 fully saturated rings. The van der Waals surface area contributed by atoms with E-state index in [2.05, 4.69) is 10.1 Å². The molecule has 1 aliphatic heterocycles. The SMILES string of the molecule is CSCCC(N)C(=O)N1CCCC(Cc2noc(C)n2)C1. The molecule has 1 aromatic rings. The largest absolute Gasteiger partial charge is 0.341 e. The minimum absolute atomic E-state index is 0.0815. The van der Waals surface area contributed by atoms with Crippen molar-refractivity contribution in [1.82, 2.24) is 15.0 Å². The van der Waals surface area contributed by atoms with E-state index in [0.717, 1.165) is 50.4 Å². The van der Waals surface area contributed by atoms with Crippen LogP contribution < -0.4 is 5.73 Å². The predicted molar refractivity (Wildman–Crippen MR) is 83.0 cm³/mol. The van der Waals surface area contributed by atoms with Crippen LogP contribution in [-0.4, -0.2) is 52.1 Å². The summed E-state index contributed by atoms with van der Waals surface area (Å²) in [4.78, 5) is 18.5. The lowest BCUT2D eigenvalue weighted by molar-refractivity contribution is -0.134. The van der Waals surface area contributed by atoms with Crippen LogP contribution in [0.5, 0.6) is 0 Å². The van der Waals surface area contributed by atoms with E-state index in [-0.39, 0.29) is 11.9 Å². The van der Waals surface area contributed by atoms with Crippen molar-refractivity contribution in [2.24, 2.45) is 11.7 Å². The van der Waals surface area contributed by atoms with Gasteiger partial charge >= 0.3 is 0 Å². The van der Waals surface area contributed by atoms with E-state index in [0.29, 0.717) is 11.8 Å². The third-order valence-corrected chi connectivity index (χ3v) is 4.47. The Kier molecular flexibility index (Phi) is 6.05. The smallest absolute Gasteiger partial charge is 0.239 e. The Hall–Kier alpha value is -1.08. The van der Waals surface area contributed by atoms with Gasteiger partial charge in [0.15, 0.2) is 5.82 Å². The Morgan fingerprint density at radius 3 is 3.10 bits per heavy atom. The van der Waals surface area contributed by atoms with Gasteiger partial charge in [0.25, 0.3) is 0 Å². The number of nitrogens with zero attached hydrogens (tertiary/aromatic N) is 3.